The molecule has 1 atom stereocenters. The van der Waals surface area contributed by atoms with Crippen LogP contribution in [0, 0.1) is 5.92 Å². The van der Waals surface area contributed by atoms with Gasteiger partial charge in [0.2, 0.25) is 5.91 Å². The summed E-state index contributed by atoms with van der Waals surface area (Å²) in [5.41, 5.74) is 0.864. The highest BCUT2D eigenvalue weighted by molar-refractivity contribution is 5.76. The Balaban J connectivity index is 1.70. The highest BCUT2D eigenvalue weighted by atomic mass is 16.5. The lowest BCUT2D eigenvalue weighted by molar-refractivity contribution is -0.123. The third-order valence-corrected chi connectivity index (χ3v) is 3.69. The van der Waals surface area contributed by atoms with Crippen LogP contribution in [0.2, 0.25) is 0 Å². The molecule has 1 aliphatic rings. The summed E-state index contributed by atoms with van der Waals surface area (Å²) >= 11 is 0. The van der Waals surface area contributed by atoms with Crippen molar-refractivity contribution in [3.63, 3.8) is 0 Å². The van der Waals surface area contributed by atoms with E-state index in [2.05, 4.69) is 10.6 Å². The first-order valence-corrected chi connectivity index (χ1v) is 7.54. The quantitative estimate of drug-likeness (QED) is 0.601. The van der Waals surface area contributed by atoms with Crippen molar-refractivity contribution in [2.45, 2.75) is 25.4 Å². The second-order valence-electron chi connectivity index (χ2n) is 5.49. The number of hydrogen-bond donors (Lipinski definition) is 3. The fourth-order valence-corrected chi connectivity index (χ4v) is 2.23. The first-order chi connectivity index (χ1) is 10.6. The topological polar surface area (TPSA) is 79.8 Å². The molecule has 0 radical (unpaired) electrons. The average molecular weight is 308 g/mol. The third kappa shape index (κ3) is 5.11. The van der Waals surface area contributed by atoms with Gasteiger partial charge in [0.15, 0.2) is 0 Å². The van der Waals surface area contributed by atoms with Crippen LogP contribution in [0.4, 0.5) is 5.69 Å². The van der Waals surface area contributed by atoms with Crippen LogP contribution in [0.25, 0.3) is 0 Å². The molecule has 1 unspecified atom stereocenters. The van der Waals surface area contributed by atoms with E-state index in [1.54, 1.807) is 20.3 Å². The van der Waals surface area contributed by atoms with Crippen molar-refractivity contribution < 1.29 is 19.4 Å². The second-order valence-corrected chi connectivity index (χ2v) is 5.49. The summed E-state index contributed by atoms with van der Waals surface area (Å²) in [6.45, 7) is 1.08. The lowest BCUT2D eigenvalue weighted by Crippen LogP contribution is -2.31. The second kappa shape index (κ2) is 7.89. The maximum absolute atomic E-state index is 11.7. The van der Waals surface area contributed by atoms with Crippen molar-refractivity contribution in [2.75, 3.05) is 32.6 Å². The molecule has 6 heteroatoms. The smallest absolute Gasteiger partial charge is 0.222 e. The van der Waals surface area contributed by atoms with E-state index in [4.69, 9.17) is 9.47 Å². The minimum Gasteiger partial charge on any atom is -0.497 e. The van der Waals surface area contributed by atoms with Crippen LogP contribution in [0.1, 0.15) is 19.3 Å². The molecule has 22 heavy (non-hydrogen) atoms. The summed E-state index contributed by atoms with van der Waals surface area (Å²) < 4.78 is 10.4. The Kier molecular flexibility index (Phi) is 5.89. The summed E-state index contributed by atoms with van der Waals surface area (Å²) in [7, 11) is 3.20. The van der Waals surface area contributed by atoms with E-state index >= 15 is 0 Å². The zero-order chi connectivity index (χ0) is 15.9. The number of methoxy groups -OCH3 is 2. The Labute approximate surface area is 130 Å². The van der Waals surface area contributed by atoms with Crippen LogP contribution in [0.15, 0.2) is 18.2 Å². The number of rotatable bonds is 9. The van der Waals surface area contributed by atoms with Crippen molar-refractivity contribution in [1.29, 1.82) is 0 Å². The predicted molar refractivity (Wildman–Crippen MR) is 84.4 cm³/mol. The van der Waals surface area contributed by atoms with Crippen molar-refractivity contribution in [2.24, 2.45) is 5.92 Å². The van der Waals surface area contributed by atoms with Gasteiger partial charge in [-0.25, -0.2) is 0 Å². The number of benzene rings is 1. The molecule has 0 heterocycles. The lowest BCUT2D eigenvalue weighted by Gasteiger charge is -2.12. The molecule has 1 aromatic rings. The van der Waals surface area contributed by atoms with Crippen LogP contribution < -0.4 is 20.1 Å². The Hall–Kier alpha value is -1.95. The lowest BCUT2D eigenvalue weighted by atomic mass is 10.1. The first-order valence-electron chi connectivity index (χ1n) is 7.54. The van der Waals surface area contributed by atoms with E-state index in [0.29, 0.717) is 30.5 Å². The fourth-order valence-electron chi connectivity index (χ4n) is 2.23. The number of amides is 1. The van der Waals surface area contributed by atoms with E-state index in [1.807, 2.05) is 12.1 Å². The van der Waals surface area contributed by atoms with Gasteiger partial charge in [0, 0.05) is 37.0 Å². The zero-order valence-corrected chi connectivity index (χ0v) is 13.1. The minimum atomic E-state index is -0.490. The number of hydrogen-bond acceptors (Lipinski definition) is 5. The van der Waals surface area contributed by atoms with Gasteiger partial charge >= 0.3 is 0 Å². The summed E-state index contributed by atoms with van der Waals surface area (Å²) in [6, 6.07) is 5.52. The van der Waals surface area contributed by atoms with Crippen molar-refractivity contribution in [1.82, 2.24) is 5.32 Å². The molecule has 1 amide bonds. The number of carbonyl (C=O) groups is 1. The molecule has 2 rings (SSSR count). The van der Waals surface area contributed by atoms with Gasteiger partial charge in [-0.15, -0.1) is 0 Å². The van der Waals surface area contributed by atoms with Crippen molar-refractivity contribution in [3.8, 4) is 11.5 Å². The van der Waals surface area contributed by atoms with Gasteiger partial charge in [-0.05, 0) is 18.8 Å². The zero-order valence-electron chi connectivity index (χ0n) is 13.1. The average Bonchev–Trinajstić information content (AvgIpc) is 3.36. The van der Waals surface area contributed by atoms with Crippen LogP contribution in [-0.4, -0.2) is 44.4 Å². The molecular weight excluding hydrogens is 284 g/mol. The van der Waals surface area contributed by atoms with Gasteiger partial charge in [0.1, 0.15) is 11.5 Å². The van der Waals surface area contributed by atoms with Crippen LogP contribution in [0.5, 0.6) is 11.5 Å². The molecule has 1 saturated carbocycles. The summed E-state index contributed by atoms with van der Waals surface area (Å²) in [4.78, 5) is 11.7. The van der Waals surface area contributed by atoms with E-state index in [-0.39, 0.29) is 12.3 Å². The SMILES string of the molecule is COc1cc(NCCNC(=O)CC(O)C2CC2)cc(OC)c1. The van der Waals surface area contributed by atoms with Gasteiger partial charge in [-0.1, -0.05) is 0 Å². The number of carbonyl (C=O) groups excluding carboxylic acids is 1. The molecule has 0 saturated heterocycles. The van der Waals surface area contributed by atoms with Gasteiger partial charge in [0.25, 0.3) is 0 Å². The van der Waals surface area contributed by atoms with E-state index in [0.717, 1.165) is 18.5 Å². The predicted octanol–water partition coefficient (Wildman–Crippen LogP) is 1.39. The Morgan fingerprint density at radius 2 is 1.86 bits per heavy atom. The van der Waals surface area contributed by atoms with Gasteiger partial charge in [-0.3, -0.25) is 4.79 Å². The summed E-state index contributed by atoms with van der Waals surface area (Å²) in [5.74, 6) is 1.63. The molecule has 1 aromatic carbocycles. The van der Waals surface area contributed by atoms with Gasteiger partial charge in [0.05, 0.1) is 26.7 Å². The number of aliphatic hydroxyl groups excluding tert-OH is 1. The number of nitrogens with one attached hydrogen (secondary N) is 2. The number of ether oxygens (including phenoxy) is 2. The molecule has 0 aromatic heterocycles. The Bertz CT molecular complexity index is 481. The highest BCUT2D eigenvalue weighted by Gasteiger charge is 2.30. The molecule has 0 bridgehead atoms. The molecule has 1 fully saturated rings. The standard InChI is InChI=1S/C16H24N2O4/c1-21-13-7-12(8-14(9-13)22-2)17-5-6-18-16(20)10-15(19)11-3-4-11/h7-9,11,15,17,19H,3-6,10H2,1-2H3,(H,18,20). The van der Waals surface area contributed by atoms with Crippen LogP contribution in [0.3, 0.4) is 0 Å². The maximum atomic E-state index is 11.7. The van der Waals surface area contributed by atoms with E-state index in [9.17, 15) is 9.90 Å². The summed E-state index contributed by atoms with van der Waals surface area (Å²) in [6.07, 6.45) is 1.77. The molecule has 122 valence electrons. The van der Waals surface area contributed by atoms with Gasteiger partial charge < -0.3 is 25.2 Å². The Morgan fingerprint density at radius 1 is 1.23 bits per heavy atom. The number of aliphatic hydroxyl groups is 1. The molecule has 0 spiro atoms. The Morgan fingerprint density at radius 3 is 2.41 bits per heavy atom. The molecule has 6 nitrogen and oxygen atoms in total. The minimum absolute atomic E-state index is 0.107. The third-order valence-electron chi connectivity index (χ3n) is 3.69. The molecular formula is C16H24N2O4. The fraction of sp³-hybridized carbons (Fsp3) is 0.562. The van der Waals surface area contributed by atoms with Gasteiger partial charge in [-0.2, -0.15) is 0 Å². The normalized spacial score (nSPS) is 15.0. The van der Waals surface area contributed by atoms with Crippen LogP contribution >= 0.6 is 0 Å². The van der Waals surface area contributed by atoms with E-state index in [1.165, 1.54) is 0 Å². The highest BCUT2D eigenvalue weighted by Crippen LogP contribution is 2.33. The molecule has 3 N–H and O–H groups in total. The maximum Gasteiger partial charge on any atom is 0.222 e. The monoisotopic (exact) mass is 308 g/mol. The largest absolute Gasteiger partial charge is 0.497 e. The van der Waals surface area contributed by atoms with Crippen molar-refractivity contribution in [3.05, 3.63) is 18.2 Å². The number of anilines is 1. The van der Waals surface area contributed by atoms with Crippen molar-refractivity contribution >= 4 is 11.6 Å². The molecule has 0 aliphatic heterocycles. The molecule has 1 aliphatic carbocycles. The van der Waals surface area contributed by atoms with E-state index < -0.39 is 6.10 Å². The first kappa shape index (κ1) is 16.4. The van der Waals surface area contributed by atoms with Crippen LogP contribution in [-0.2, 0) is 4.79 Å². The summed E-state index contributed by atoms with van der Waals surface area (Å²) in [5, 5.41) is 15.7.